The molecule has 3 heteroatoms. The van der Waals surface area contributed by atoms with Gasteiger partial charge >= 0.3 is 0 Å². The van der Waals surface area contributed by atoms with Crippen LogP contribution in [0.5, 0.6) is 0 Å². The highest BCUT2D eigenvalue weighted by molar-refractivity contribution is 6.30. The Balaban J connectivity index is 1.87. The quantitative estimate of drug-likeness (QED) is 0.737. The van der Waals surface area contributed by atoms with Crippen LogP contribution in [0.2, 0.25) is 5.02 Å². The van der Waals surface area contributed by atoms with E-state index in [-0.39, 0.29) is 16.9 Å². The minimum Gasteiger partial charge on any atom is -0.373 e. The fraction of sp³-hybridized carbons (Fsp3) is 0.538. The lowest BCUT2D eigenvalue weighted by molar-refractivity contribution is -0.0967. The summed E-state index contributed by atoms with van der Waals surface area (Å²) >= 11 is 12.0. The van der Waals surface area contributed by atoms with Crippen LogP contribution in [-0.4, -0.2) is 11.5 Å². The summed E-state index contributed by atoms with van der Waals surface area (Å²) in [6.45, 7) is 4.94. The average Bonchev–Trinajstić information content (AvgIpc) is 2.26. The van der Waals surface area contributed by atoms with Crippen LogP contribution < -0.4 is 0 Å². The predicted octanol–water partition coefficient (Wildman–Crippen LogP) is 4.26. The molecule has 0 N–H and O–H groups in total. The van der Waals surface area contributed by atoms with Gasteiger partial charge in [0.2, 0.25) is 0 Å². The van der Waals surface area contributed by atoms with E-state index in [1.165, 1.54) is 0 Å². The maximum Gasteiger partial charge on any atom is 0.0720 e. The normalized spacial score (nSPS) is 27.5. The molecule has 0 bridgehead atoms. The molecule has 2 atom stereocenters. The van der Waals surface area contributed by atoms with Gasteiger partial charge < -0.3 is 4.74 Å². The maximum atomic E-state index is 6.14. The molecule has 16 heavy (non-hydrogen) atoms. The van der Waals surface area contributed by atoms with Gasteiger partial charge in [-0.15, -0.1) is 11.6 Å². The summed E-state index contributed by atoms with van der Waals surface area (Å²) < 4.78 is 5.86. The molecule has 1 fully saturated rings. The molecule has 1 aliphatic carbocycles. The van der Waals surface area contributed by atoms with Gasteiger partial charge in [0.25, 0.3) is 0 Å². The molecule has 1 saturated carbocycles. The third-order valence-electron chi connectivity index (χ3n) is 3.42. The van der Waals surface area contributed by atoms with Crippen LogP contribution >= 0.6 is 23.2 Å². The van der Waals surface area contributed by atoms with Gasteiger partial charge in [0, 0.05) is 15.8 Å². The molecule has 0 spiro atoms. The first-order valence-electron chi connectivity index (χ1n) is 5.50. The standard InChI is InChI=1S/C13H16Cl2O/c1-13(2)11(15)7-12(13)16-8-9-3-5-10(14)6-4-9/h3-6,11-12H,7-8H2,1-2H3. The highest BCUT2D eigenvalue weighted by atomic mass is 35.5. The molecule has 0 saturated heterocycles. The fourth-order valence-electron chi connectivity index (χ4n) is 1.90. The highest BCUT2D eigenvalue weighted by Gasteiger charge is 2.47. The van der Waals surface area contributed by atoms with Gasteiger partial charge in [-0.05, 0) is 24.1 Å². The van der Waals surface area contributed by atoms with E-state index in [2.05, 4.69) is 13.8 Å². The van der Waals surface area contributed by atoms with Crippen LogP contribution in [0.15, 0.2) is 24.3 Å². The predicted molar refractivity (Wildman–Crippen MR) is 68.1 cm³/mol. The summed E-state index contributed by atoms with van der Waals surface area (Å²) in [6.07, 6.45) is 1.22. The first-order valence-corrected chi connectivity index (χ1v) is 6.31. The van der Waals surface area contributed by atoms with Gasteiger partial charge in [0.1, 0.15) is 0 Å². The number of halogens is 2. The highest BCUT2D eigenvalue weighted by Crippen LogP contribution is 2.46. The molecule has 2 unspecified atom stereocenters. The Hall–Kier alpha value is -0.240. The lowest BCUT2D eigenvalue weighted by Crippen LogP contribution is -2.51. The van der Waals surface area contributed by atoms with Gasteiger partial charge in [-0.2, -0.15) is 0 Å². The molecule has 0 aromatic heterocycles. The molecule has 0 amide bonds. The Bertz CT molecular complexity index is 359. The number of rotatable bonds is 3. The van der Waals surface area contributed by atoms with Gasteiger partial charge in [-0.3, -0.25) is 0 Å². The second kappa shape index (κ2) is 4.56. The summed E-state index contributed by atoms with van der Waals surface area (Å²) in [6, 6.07) is 7.76. The van der Waals surface area contributed by atoms with Crippen LogP contribution in [-0.2, 0) is 11.3 Å². The van der Waals surface area contributed by atoms with Crippen LogP contribution in [0, 0.1) is 5.41 Å². The van der Waals surface area contributed by atoms with E-state index in [0.717, 1.165) is 17.0 Å². The van der Waals surface area contributed by atoms with Gasteiger partial charge in [-0.1, -0.05) is 37.6 Å². The van der Waals surface area contributed by atoms with Gasteiger partial charge in [-0.25, -0.2) is 0 Å². The monoisotopic (exact) mass is 258 g/mol. The summed E-state index contributed by atoms with van der Waals surface area (Å²) in [7, 11) is 0. The van der Waals surface area contributed by atoms with Crippen molar-refractivity contribution >= 4 is 23.2 Å². The number of hydrogen-bond donors (Lipinski definition) is 0. The fourth-order valence-corrected chi connectivity index (χ4v) is 2.33. The van der Waals surface area contributed by atoms with Crippen molar-refractivity contribution in [1.29, 1.82) is 0 Å². The Morgan fingerprint density at radius 1 is 1.31 bits per heavy atom. The van der Waals surface area contributed by atoms with E-state index in [1.807, 2.05) is 24.3 Å². The number of ether oxygens (including phenoxy) is 1. The molecule has 1 aromatic carbocycles. The molecule has 0 heterocycles. The molecule has 2 rings (SSSR count). The molecular formula is C13H16Cl2O. The zero-order valence-corrected chi connectivity index (χ0v) is 11.1. The van der Waals surface area contributed by atoms with E-state index >= 15 is 0 Å². The Morgan fingerprint density at radius 2 is 1.94 bits per heavy atom. The summed E-state index contributed by atoms with van der Waals surface area (Å²) in [5.74, 6) is 0. The van der Waals surface area contributed by atoms with Crippen LogP contribution in [0.3, 0.4) is 0 Å². The van der Waals surface area contributed by atoms with E-state index < -0.39 is 0 Å². The van der Waals surface area contributed by atoms with Crippen molar-refractivity contribution in [3.8, 4) is 0 Å². The van der Waals surface area contributed by atoms with Crippen molar-refractivity contribution in [3.63, 3.8) is 0 Å². The first-order chi connectivity index (χ1) is 7.50. The van der Waals surface area contributed by atoms with Crippen molar-refractivity contribution in [2.24, 2.45) is 5.41 Å². The Labute approximate surface area is 107 Å². The van der Waals surface area contributed by atoms with Gasteiger partial charge in [0.15, 0.2) is 0 Å². The minimum atomic E-state index is 0.0913. The summed E-state index contributed by atoms with van der Waals surface area (Å²) in [4.78, 5) is 0. The van der Waals surface area contributed by atoms with E-state index in [0.29, 0.717) is 6.61 Å². The molecule has 1 aliphatic rings. The minimum absolute atomic E-state index is 0.0913. The zero-order chi connectivity index (χ0) is 11.8. The third-order valence-corrected chi connectivity index (χ3v) is 4.42. The van der Waals surface area contributed by atoms with Crippen LogP contribution in [0.1, 0.15) is 25.8 Å². The van der Waals surface area contributed by atoms with Crippen molar-refractivity contribution in [1.82, 2.24) is 0 Å². The summed E-state index contributed by atoms with van der Waals surface area (Å²) in [5, 5.41) is 0.997. The topological polar surface area (TPSA) is 9.23 Å². The van der Waals surface area contributed by atoms with Gasteiger partial charge in [0.05, 0.1) is 12.7 Å². The largest absolute Gasteiger partial charge is 0.373 e. The Morgan fingerprint density at radius 3 is 2.44 bits per heavy atom. The molecule has 1 nitrogen and oxygen atoms in total. The molecule has 0 aliphatic heterocycles. The lowest BCUT2D eigenvalue weighted by atomic mass is 9.68. The van der Waals surface area contributed by atoms with Crippen LogP contribution in [0.25, 0.3) is 0 Å². The molecular weight excluding hydrogens is 243 g/mol. The second-order valence-electron chi connectivity index (χ2n) is 4.95. The summed E-state index contributed by atoms with van der Waals surface area (Å²) in [5.41, 5.74) is 1.24. The van der Waals surface area contributed by atoms with Crippen molar-refractivity contribution in [2.75, 3.05) is 0 Å². The molecule has 0 radical (unpaired) electrons. The number of alkyl halides is 1. The van der Waals surface area contributed by atoms with E-state index in [4.69, 9.17) is 27.9 Å². The van der Waals surface area contributed by atoms with Crippen molar-refractivity contribution in [3.05, 3.63) is 34.9 Å². The third kappa shape index (κ3) is 2.37. The second-order valence-corrected chi connectivity index (χ2v) is 5.91. The van der Waals surface area contributed by atoms with Crippen molar-refractivity contribution < 1.29 is 4.74 Å². The maximum absolute atomic E-state index is 6.14. The van der Waals surface area contributed by atoms with E-state index in [9.17, 15) is 0 Å². The van der Waals surface area contributed by atoms with Crippen molar-refractivity contribution in [2.45, 2.75) is 38.4 Å². The number of hydrogen-bond acceptors (Lipinski definition) is 1. The zero-order valence-electron chi connectivity index (χ0n) is 9.54. The lowest BCUT2D eigenvalue weighted by Gasteiger charge is -2.48. The Kier molecular flexibility index (Phi) is 3.48. The molecule has 88 valence electrons. The van der Waals surface area contributed by atoms with E-state index in [1.54, 1.807) is 0 Å². The number of benzene rings is 1. The SMILES string of the molecule is CC1(C)C(Cl)CC1OCc1ccc(Cl)cc1. The smallest absolute Gasteiger partial charge is 0.0720 e. The first kappa shape index (κ1) is 12.2. The molecule has 1 aromatic rings. The van der Waals surface area contributed by atoms with Crippen LogP contribution in [0.4, 0.5) is 0 Å². The average molecular weight is 259 g/mol.